The summed E-state index contributed by atoms with van der Waals surface area (Å²) in [5.41, 5.74) is 2.72. The fraction of sp³-hybridized carbons (Fsp3) is 0.467. The number of ether oxygens (including phenoxy) is 1. The Morgan fingerprint density at radius 1 is 1.35 bits per heavy atom. The second kappa shape index (κ2) is 4.68. The highest BCUT2D eigenvalue weighted by Gasteiger charge is 2.34. The van der Waals surface area contributed by atoms with E-state index >= 15 is 0 Å². The Hall–Kier alpha value is -1.72. The Kier molecular flexibility index (Phi) is 2.82. The van der Waals surface area contributed by atoms with Crippen molar-refractivity contribution in [1.82, 2.24) is 15.5 Å². The summed E-state index contributed by atoms with van der Waals surface area (Å²) >= 11 is 0. The lowest BCUT2D eigenvalue weighted by Crippen LogP contribution is -2.19. The molecule has 0 saturated carbocycles. The van der Waals surface area contributed by atoms with Gasteiger partial charge in [0.15, 0.2) is 5.82 Å². The van der Waals surface area contributed by atoms with Crippen LogP contribution in [-0.2, 0) is 11.2 Å². The molecule has 1 N–H and O–H groups in total. The summed E-state index contributed by atoms with van der Waals surface area (Å²) in [4.78, 5) is 4.59. The van der Waals surface area contributed by atoms with Gasteiger partial charge in [-0.1, -0.05) is 29.4 Å². The summed E-state index contributed by atoms with van der Waals surface area (Å²) in [6.45, 7) is 0.838. The lowest BCUT2D eigenvalue weighted by atomic mass is 9.77. The zero-order valence-electron chi connectivity index (χ0n) is 11.4. The van der Waals surface area contributed by atoms with Gasteiger partial charge in [0.2, 0.25) is 5.89 Å². The number of benzene rings is 1. The molecular weight excluding hydrogens is 254 g/mol. The van der Waals surface area contributed by atoms with Crippen LogP contribution in [-0.4, -0.2) is 29.9 Å². The molecular formula is C15H17N3O2. The van der Waals surface area contributed by atoms with Crippen LogP contribution in [0, 0.1) is 0 Å². The number of methoxy groups -OCH3 is 1. The van der Waals surface area contributed by atoms with Crippen molar-refractivity contribution < 1.29 is 9.26 Å². The smallest absolute Gasteiger partial charge is 0.243 e. The van der Waals surface area contributed by atoms with Crippen LogP contribution in [0.25, 0.3) is 0 Å². The molecule has 0 amide bonds. The number of fused-ring (bicyclic) bond motifs is 1. The van der Waals surface area contributed by atoms with Crippen molar-refractivity contribution in [2.24, 2.45) is 0 Å². The minimum Gasteiger partial charge on any atom is -0.380 e. The van der Waals surface area contributed by atoms with Crippen LogP contribution in [0.1, 0.15) is 41.2 Å². The summed E-state index contributed by atoms with van der Waals surface area (Å²) in [6.07, 6.45) is 2.13. The van der Waals surface area contributed by atoms with Gasteiger partial charge in [-0.2, -0.15) is 4.98 Å². The van der Waals surface area contributed by atoms with Gasteiger partial charge < -0.3 is 14.6 Å². The van der Waals surface area contributed by atoms with Crippen molar-refractivity contribution in [3.63, 3.8) is 0 Å². The zero-order chi connectivity index (χ0) is 13.5. The molecule has 3 atom stereocenters. The largest absolute Gasteiger partial charge is 0.380 e. The molecule has 0 spiro atoms. The van der Waals surface area contributed by atoms with Crippen LogP contribution in [0.15, 0.2) is 28.8 Å². The third-order valence-corrected chi connectivity index (χ3v) is 4.35. The Labute approximate surface area is 117 Å². The van der Waals surface area contributed by atoms with Crippen LogP contribution in [0.3, 0.4) is 0 Å². The van der Waals surface area contributed by atoms with Crippen molar-refractivity contribution >= 4 is 0 Å². The van der Waals surface area contributed by atoms with E-state index < -0.39 is 0 Å². The Morgan fingerprint density at radius 3 is 3.05 bits per heavy atom. The molecule has 3 unspecified atom stereocenters. The van der Waals surface area contributed by atoms with Crippen molar-refractivity contribution in [2.45, 2.75) is 30.9 Å². The maximum atomic E-state index is 5.43. The van der Waals surface area contributed by atoms with E-state index in [1.807, 2.05) is 0 Å². The second-order valence-corrected chi connectivity index (χ2v) is 5.50. The molecule has 1 aliphatic heterocycles. The third-order valence-electron chi connectivity index (χ3n) is 4.35. The van der Waals surface area contributed by atoms with E-state index in [0.29, 0.717) is 11.8 Å². The van der Waals surface area contributed by atoms with E-state index in [2.05, 4.69) is 39.7 Å². The van der Waals surface area contributed by atoms with Crippen LogP contribution >= 0.6 is 0 Å². The molecule has 1 aromatic heterocycles. The van der Waals surface area contributed by atoms with Gasteiger partial charge in [0.25, 0.3) is 0 Å². The first kappa shape index (κ1) is 12.1. The predicted molar refractivity (Wildman–Crippen MR) is 72.4 cm³/mol. The summed E-state index contributed by atoms with van der Waals surface area (Å²) in [7, 11) is 1.74. The highest BCUT2D eigenvalue weighted by Crippen LogP contribution is 2.39. The molecule has 1 fully saturated rings. The van der Waals surface area contributed by atoms with Gasteiger partial charge >= 0.3 is 0 Å². The van der Waals surface area contributed by atoms with Gasteiger partial charge in [-0.15, -0.1) is 0 Å². The standard InChI is InChI=1S/C15H17N3O2/c1-19-10-7-13(16-8-10)15-17-14(18-20-15)12-6-9-4-2-3-5-11(9)12/h2-5,10,12-13,16H,6-8H2,1H3. The average Bonchev–Trinajstić information content (AvgIpc) is 3.08. The highest BCUT2D eigenvalue weighted by molar-refractivity contribution is 5.43. The topological polar surface area (TPSA) is 60.2 Å². The van der Waals surface area contributed by atoms with Gasteiger partial charge in [0.1, 0.15) is 0 Å². The third kappa shape index (κ3) is 1.85. The minimum absolute atomic E-state index is 0.122. The molecule has 20 heavy (non-hydrogen) atoms. The zero-order valence-corrected chi connectivity index (χ0v) is 11.4. The van der Waals surface area contributed by atoms with Crippen LogP contribution in [0.4, 0.5) is 0 Å². The molecule has 5 heteroatoms. The van der Waals surface area contributed by atoms with Gasteiger partial charge in [0.05, 0.1) is 18.1 Å². The molecule has 2 aliphatic rings. The molecule has 5 nitrogen and oxygen atoms in total. The van der Waals surface area contributed by atoms with Gasteiger partial charge in [-0.05, 0) is 24.0 Å². The average molecular weight is 271 g/mol. The molecule has 104 valence electrons. The van der Waals surface area contributed by atoms with Gasteiger partial charge in [-0.25, -0.2) is 0 Å². The Morgan fingerprint density at radius 2 is 2.25 bits per heavy atom. The predicted octanol–water partition coefficient (Wildman–Crippen LogP) is 1.81. The summed E-state index contributed by atoms with van der Waals surface area (Å²) in [5.74, 6) is 1.79. The number of nitrogens with one attached hydrogen (secondary N) is 1. The number of nitrogens with zero attached hydrogens (tertiary/aromatic N) is 2. The molecule has 0 bridgehead atoms. The Bertz CT molecular complexity index is 625. The lowest BCUT2D eigenvalue weighted by molar-refractivity contribution is 0.116. The SMILES string of the molecule is COC1CNC(c2nc(C3Cc4ccccc43)no2)C1. The van der Waals surface area contributed by atoms with Crippen molar-refractivity contribution in [1.29, 1.82) is 0 Å². The lowest BCUT2D eigenvalue weighted by Gasteiger charge is -2.27. The van der Waals surface area contributed by atoms with E-state index in [1.54, 1.807) is 7.11 Å². The van der Waals surface area contributed by atoms with Gasteiger partial charge in [0, 0.05) is 13.7 Å². The molecule has 1 aromatic carbocycles. The van der Waals surface area contributed by atoms with E-state index in [4.69, 9.17) is 9.26 Å². The molecule has 4 rings (SSSR count). The summed E-state index contributed by atoms with van der Waals surface area (Å²) in [5, 5.41) is 7.53. The van der Waals surface area contributed by atoms with E-state index in [-0.39, 0.29) is 12.1 Å². The number of hydrogen-bond acceptors (Lipinski definition) is 5. The van der Waals surface area contributed by atoms with Crippen LogP contribution in [0.5, 0.6) is 0 Å². The van der Waals surface area contributed by atoms with Crippen molar-refractivity contribution in [2.75, 3.05) is 13.7 Å². The Balaban J connectivity index is 1.53. The number of aromatic nitrogens is 2. The monoisotopic (exact) mass is 271 g/mol. The molecule has 2 aromatic rings. The maximum absolute atomic E-state index is 5.43. The maximum Gasteiger partial charge on any atom is 0.243 e. The summed E-state index contributed by atoms with van der Waals surface area (Å²) in [6, 6.07) is 8.57. The highest BCUT2D eigenvalue weighted by atomic mass is 16.5. The second-order valence-electron chi connectivity index (χ2n) is 5.50. The van der Waals surface area contributed by atoms with E-state index in [9.17, 15) is 0 Å². The van der Waals surface area contributed by atoms with Gasteiger partial charge in [-0.3, -0.25) is 0 Å². The van der Waals surface area contributed by atoms with E-state index in [1.165, 1.54) is 11.1 Å². The minimum atomic E-state index is 0.122. The van der Waals surface area contributed by atoms with Crippen LogP contribution < -0.4 is 5.32 Å². The fourth-order valence-corrected chi connectivity index (χ4v) is 3.09. The van der Waals surface area contributed by atoms with Crippen molar-refractivity contribution in [3.05, 3.63) is 47.1 Å². The number of rotatable bonds is 3. The first-order valence-electron chi connectivity index (χ1n) is 7.02. The normalized spacial score (nSPS) is 28.1. The van der Waals surface area contributed by atoms with E-state index in [0.717, 1.165) is 25.2 Å². The first-order valence-corrected chi connectivity index (χ1v) is 7.02. The van der Waals surface area contributed by atoms with Crippen LogP contribution in [0.2, 0.25) is 0 Å². The van der Waals surface area contributed by atoms with Crippen molar-refractivity contribution in [3.8, 4) is 0 Å². The number of hydrogen-bond donors (Lipinski definition) is 1. The summed E-state index contributed by atoms with van der Waals surface area (Å²) < 4.78 is 10.8. The molecule has 1 aliphatic carbocycles. The first-order chi connectivity index (χ1) is 9.85. The molecule has 1 saturated heterocycles. The molecule has 0 radical (unpaired) electrons. The molecule has 2 heterocycles. The fourth-order valence-electron chi connectivity index (χ4n) is 3.09. The quantitative estimate of drug-likeness (QED) is 0.922.